The van der Waals surface area contributed by atoms with Gasteiger partial charge in [0.25, 0.3) is 0 Å². The normalized spacial score (nSPS) is 19.2. The van der Waals surface area contributed by atoms with E-state index in [2.05, 4.69) is 51.1 Å². The van der Waals surface area contributed by atoms with Gasteiger partial charge in [-0.3, -0.25) is 4.90 Å². The molecule has 0 aromatic heterocycles. The Hall–Kier alpha value is -1.93. The molecule has 0 atom stereocenters. The second-order valence-electron chi connectivity index (χ2n) is 9.06. The fourth-order valence-corrected chi connectivity index (χ4v) is 6.15. The van der Waals surface area contributed by atoms with Crippen molar-refractivity contribution in [1.82, 2.24) is 19.6 Å². The number of anilines is 2. The second kappa shape index (κ2) is 10.1. The van der Waals surface area contributed by atoms with Gasteiger partial charge in [0.05, 0.1) is 11.4 Å². The van der Waals surface area contributed by atoms with E-state index in [-0.39, 0.29) is 6.03 Å². The number of benzene rings is 2. The number of carbonyl (C=O) groups excluding carboxylic acids is 1. The van der Waals surface area contributed by atoms with Crippen LogP contribution in [-0.4, -0.2) is 98.1 Å². The number of nitrogens with zero attached hydrogens (tertiary/aromatic N) is 5. The van der Waals surface area contributed by atoms with E-state index in [1.807, 2.05) is 34.7 Å². The maximum absolute atomic E-state index is 12.1. The highest BCUT2D eigenvalue weighted by molar-refractivity contribution is 7.99. The van der Waals surface area contributed by atoms with Crippen molar-refractivity contribution in [1.29, 1.82) is 0 Å². The van der Waals surface area contributed by atoms with Crippen LogP contribution in [0.1, 0.15) is 6.42 Å². The molecule has 0 radical (unpaired) electrons. The van der Waals surface area contributed by atoms with Crippen LogP contribution < -0.4 is 4.90 Å². The van der Waals surface area contributed by atoms with Gasteiger partial charge >= 0.3 is 6.03 Å². The number of rotatable bonds is 7. The summed E-state index contributed by atoms with van der Waals surface area (Å²) in [5.74, 6) is 0. The Balaban J connectivity index is 1.11. The van der Waals surface area contributed by atoms with Crippen LogP contribution in [0.15, 0.2) is 52.3 Å². The standard InChI is InChI=1S/C25H32ClN5OS/c1-27-11-17-30(25(27)32)18-16-29-14-12-28(13-15-29)9-4-10-31-21-5-2-3-6-23(21)33-24-8-7-20(26)19-22(24)31/h2-3,5-8,19H,4,9-18H2,1H3. The molecule has 3 aliphatic rings. The van der Waals surface area contributed by atoms with E-state index in [1.54, 1.807) is 0 Å². The molecule has 3 aliphatic heterocycles. The molecule has 33 heavy (non-hydrogen) atoms. The molecule has 0 unspecified atom stereocenters. The van der Waals surface area contributed by atoms with E-state index in [9.17, 15) is 4.79 Å². The van der Waals surface area contributed by atoms with Crippen molar-refractivity contribution in [3.63, 3.8) is 0 Å². The minimum absolute atomic E-state index is 0.175. The summed E-state index contributed by atoms with van der Waals surface area (Å²) in [5, 5.41) is 0.789. The average molecular weight is 486 g/mol. The monoisotopic (exact) mass is 485 g/mol. The second-order valence-corrected chi connectivity index (χ2v) is 10.6. The highest BCUT2D eigenvalue weighted by Gasteiger charge is 2.26. The Kier molecular flexibility index (Phi) is 7.02. The zero-order valence-electron chi connectivity index (χ0n) is 19.3. The molecule has 0 bridgehead atoms. The summed E-state index contributed by atoms with van der Waals surface area (Å²) in [6, 6.07) is 15.0. The third-order valence-electron chi connectivity index (χ3n) is 6.90. The van der Waals surface area contributed by atoms with Gasteiger partial charge in [0.2, 0.25) is 0 Å². The summed E-state index contributed by atoms with van der Waals surface area (Å²) in [6.45, 7) is 9.99. The number of carbonyl (C=O) groups is 1. The Morgan fingerprint density at radius 1 is 0.818 bits per heavy atom. The molecule has 2 aromatic rings. The van der Waals surface area contributed by atoms with Crippen molar-refractivity contribution in [2.75, 3.05) is 77.4 Å². The van der Waals surface area contributed by atoms with E-state index in [4.69, 9.17) is 11.6 Å². The number of likely N-dealkylation sites (N-methyl/N-ethyl adjacent to an activating group) is 1. The maximum atomic E-state index is 12.1. The molecule has 0 aliphatic carbocycles. The lowest BCUT2D eigenvalue weighted by molar-refractivity contribution is 0.123. The first-order valence-corrected chi connectivity index (χ1v) is 13.1. The lowest BCUT2D eigenvalue weighted by Gasteiger charge is -2.36. The summed E-state index contributed by atoms with van der Waals surface area (Å²) in [5.41, 5.74) is 2.50. The van der Waals surface area contributed by atoms with E-state index in [1.165, 1.54) is 21.2 Å². The first-order valence-electron chi connectivity index (χ1n) is 11.9. The summed E-state index contributed by atoms with van der Waals surface area (Å²) < 4.78 is 0. The quantitative estimate of drug-likeness (QED) is 0.583. The lowest BCUT2D eigenvalue weighted by Crippen LogP contribution is -2.49. The predicted molar refractivity (Wildman–Crippen MR) is 136 cm³/mol. The molecular formula is C25H32ClN5OS. The van der Waals surface area contributed by atoms with Crippen molar-refractivity contribution < 1.29 is 4.79 Å². The summed E-state index contributed by atoms with van der Waals surface area (Å²) in [4.78, 5) is 25.9. The lowest BCUT2D eigenvalue weighted by atomic mass is 10.2. The molecule has 2 aromatic carbocycles. The largest absolute Gasteiger partial charge is 0.340 e. The molecule has 6 nitrogen and oxygen atoms in total. The van der Waals surface area contributed by atoms with Gasteiger partial charge in [-0.05, 0) is 43.3 Å². The van der Waals surface area contributed by atoms with Crippen LogP contribution in [0.5, 0.6) is 0 Å². The number of para-hydroxylation sites is 1. The minimum atomic E-state index is 0.175. The van der Waals surface area contributed by atoms with Gasteiger partial charge in [-0.25, -0.2) is 4.79 Å². The third kappa shape index (κ3) is 5.11. The number of urea groups is 1. The van der Waals surface area contributed by atoms with E-state index in [0.717, 1.165) is 76.9 Å². The van der Waals surface area contributed by atoms with E-state index < -0.39 is 0 Å². The topological polar surface area (TPSA) is 33.3 Å². The smallest absolute Gasteiger partial charge is 0.319 e. The zero-order chi connectivity index (χ0) is 22.8. The number of fused-ring (bicyclic) bond motifs is 2. The molecular weight excluding hydrogens is 454 g/mol. The third-order valence-corrected chi connectivity index (χ3v) is 8.26. The molecule has 2 amide bonds. The molecule has 0 N–H and O–H groups in total. The number of hydrogen-bond donors (Lipinski definition) is 0. The van der Waals surface area contributed by atoms with Gasteiger partial charge < -0.3 is 19.6 Å². The Bertz CT molecular complexity index is 997. The van der Waals surface area contributed by atoms with Gasteiger partial charge in [0, 0.05) is 80.8 Å². The molecule has 176 valence electrons. The van der Waals surface area contributed by atoms with Crippen molar-refractivity contribution in [2.45, 2.75) is 16.2 Å². The fraction of sp³-hybridized carbons (Fsp3) is 0.480. The van der Waals surface area contributed by atoms with Crippen LogP contribution in [0.25, 0.3) is 0 Å². The summed E-state index contributed by atoms with van der Waals surface area (Å²) in [7, 11) is 1.88. The average Bonchev–Trinajstić information content (AvgIpc) is 3.15. The van der Waals surface area contributed by atoms with Crippen LogP contribution in [0.2, 0.25) is 5.02 Å². The highest BCUT2D eigenvalue weighted by Crippen LogP contribution is 2.48. The first kappa shape index (κ1) is 22.8. The summed E-state index contributed by atoms with van der Waals surface area (Å²) in [6.07, 6.45) is 1.11. The number of piperazine rings is 1. The SMILES string of the molecule is CN1CCN(CCN2CCN(CCCN3c4ccccc4Sc4ccc(Cl)cc43)CC2)C1=O. The minimum Gasteiger partial charge on any atom is -0.340 e. The maximum Gasteiger partial charge on any atom is 0.319 e. The van der Waals surface area contributed by atoms with Crippen molar-refractivity contribution in [2.24, 2.45) is 0 Å². The van der Waals surface area contributed by atoms with Crippen molar-refractivity contribution >= 4 is 40.8 Å². The molecule has 2 saturated heterocycles. The van der Waals surface area contributed by atoms with E-state index in [0.29, 0.717) is 0 Å². The summed E-state index contributed by atoms with van der Waals surface area (Å²) >= 11 is 8.18. The molecule has 0 saturated carbocycles. The van der Waals surface area contributed by atoms with Crippen molar-refractivity contribution in [3.05, 3.63) is 47.5 Å². The van der Waals surface area contributed by atoms with Crippen molar-refractivity contribution in [3.8, 4) is 0 Å². The molecule has 3 heterocycles. The Morgan fingerprint density at radius 2 is 1.55 bits per heavy atom. The Labute approximate surface area is 206 Å². The van der Waals surface area contributed by atoms with E-state index >= 15 is 0 Å². The number of hydrogen-bond acceptors (Lipinski definition) is 5. The van der Waals surface area contributed by atoms with Gasteiger partial charge in [0.1, 0.15) is 0 Å². The molecule has 0 spiro atoms. The van der Waals surface area contributed by atoms with Crippen LogP contribution >= 0.6 is 23.4 Å². The van der Waals surface area contributed by atoms with Crippen LogP contribution in [0, 0.1) is 0 Å². The van der Waals surface area contributed by atoms with Gasteiger partial charge in [-0.15, -0.1) is 0 Å². The van der Waals surface area contributed by atoms with Gasteiger partial charge in [0.15, 0.2) is 0 Å². The van der Waals surface area contributed by atoms with Gasteiger partial charge in [-0.2, -0.15) is 0 Å². The fourth-order valence-electron chi connectivity index (χ4n) is 4.91. The molecule has 5 rings (SSSR count). The molecule has 8 heteroatoms. The van der Waals surface area contributed by atoms with Crippen LogP contribution in [-0.2, 0) is 0 Å². The van der Waals surface area contributed by atoms with Crippen LogP contribution in [0.4, 0.5) is 16.2 Å². The first-order chi connectivity index (χ1) is 16.1. The number of amides is 2. The van der Waals surface area contributed by atoms with Crippen LogP contribution in [0.3, 0.4) is 0 Å². The molecule has 2 fully saturated rings. The highest BCUT2D eigenvalue weighted by atomic mass is 35.5. The predicted octanol–water partition coefficient (Wildman–Crippen LogP) is 4.32. The number of halogens is 1. The van der Waals surface area contributed by atoms with Gasteiger partial charge in [-0.1, -0.05) is 35.5 Å². The zero-order valence-corrected chi connectivity index (χ0v) is 20.8. The Morgan fingerprint density at radius 3 is 2.30 bits per heavy atom.